The predicted molar refractivity (Wildman–Crippen MR) is 95.5 cm³/mol. The number of carbonyl (C=O) groups excluding carboxylic acids is 1. The van der Waals surface area contributed by atoms with Gasteiger partial charge in [-0.2, -0.15) is 0 Å². The van der Waals surface area contributed by atoms with Crippen LogP contribution in [-0.4, -0.2) is 22.5 Å². The minimum Gasteiger partial charge on any atom is -0.454 e. The molecular formula is C19H12N2O3S. The van der Waals surface area contributed by atoms with Gasteiger partial charge in [0, 0.05) is 11.8 Å². The Balaban J connectivity index is 1.65. The second-order valence-corrected chi connectivity index (χ2v) is 6.65. The van der Waals surface area contributed by atoms with Crippen LogP contribution in [0.15, 0.2) is 54.7 Å². The van der Waals surface area contributed by atoms with Gasteiger partial charge in [0.05, 0.1) is 4.88 Å². The number of imidazole rings is 1. The maximum Gasteiger partial charge on any atom is 0.231 e. The summed E-state index contributed by atoms with van der Waals surface area (Å²) in [7, 11) is 0. The van der Waals surface area contributed by atoms with Crippen LogP contribution in [0.2, 0.25) is 0 Å². The maximum absolute atomic E-state index is 11.7. The van der Waals surface area contributed by atoms with Crippen molar-refractivity contribution < 1.29 is 14.3 Å². The van der Waals surface area contributed by atoms with E-state index in [1.807, 2.05) is 59.1 Å². The molecule has 0 spiro atoms. The third kappa shape index (κ3) is 2.22. The Labute approximate surface area is 147 Å². The molecule has 2 aromatic heterocycles. The molecule has 1 aliphatic heterocycles. The monoisotopic (exact) mass is 348 g/mol. The van der Waals surface area contributed by atoms with Gasteiger partial charge >= 0.3 is 0 Å². The third-order valence-corrected chi connectivity index (χ3v) is 5.21. The van der Waals surface area contributed by atoms with Crippen LogP contribution in [0.1, 0.15) is 10.5 Å². The van der Waals surface area contributed by atoms with Crippen LogP contribution in [0.25, 0.3) is 26.7 Å². The van der Waals surface area contributed by atoms with Gasteiger partial charge in [0.1, 0.15) is 11.4 Å². The van der Waals surface area contributed by atoms with E-state index in [4.69, 9.17) is 9.47 Å². The van der Waals surface area contributed by atoms with E-state index in [0.29, 0.717) is 22.9 Å². The van der Waals surface area contributed by atoms with Crippen LogP contribution < -0.4 is 9.47 Å². The zero-order valence-electron chi connectivity index (χ0n) is 13.0. The SMILES string of the molecule is O=Cc1c(-c2ccc3c(c2)OCO3)nc2sc(-c3ccccc3)cn12. The molecule has 5 nitrogen and oxygen atoms in total. The topological polar surface area (TPSA) is 52.8 Å². The highest BCUT2D eigenvalue weighted by Crippen LogP contribution is 2.38. The van der Waals surface area contributed by atoms with Gasteiger partial charge in [-0.1, -0.05) is 41.7 Å². The van der Waals surface area contributed by atoms with E-state index in [2.05, 4.69) is 4.98 Å². The summed E-state index contributed by atoms with van der Waals surface area (Å²) in [5.41, 5.74) is 3.13. The Kier molecular flexibility index (Phi) is 3.11. The first kappa shape index (κ1) is 14.2. The minimum atomic E-state index is 0.220. The van der Waals surface area contributed by atoms with Crippen LogP contribution in [-0.2, 0) is 0 Å². The summed E-state index contributed by atoms with van der Waals surface area (Å²) in [6.45, 7) is 0.220. The molecule has 0 saturated heterocycles. The van der Waals surface area contributed by atoms with Crippen LogP contribution in [0.5, 0.6) is 11.5 Å². The molecule has 0 atom stereocenters. The van der Waals surface area contributed by atoms with E-state index in [9.17, 15) is 4.79 Å². The molecule has 122 valence electrons. The Hall–Kier alpha value is -3.12. The maximum atomic E-state index is 11.7. The minimum absolute atomic E-state index is 0.220. The number of ether oxygens (including phenoxy) is 2. The first-order valence-corrected chi connectivity index (χ1v) is 8.57. The zero-order valence-corrected chi connectivity index (χ0v) is 13.8. The number of fused-ring (bicyclic) bond motifs is 2. The van der Waals surface area contributed by atoms with Crippen molar-refractivity contribution >= 4 is 22.6 Å². The van der Waals surface area contributed by atoms with E-state index in [1.165, 1.54) is 0 Å². The fourth-order valence-corrected chi connectivity index (χ4v) is 3.96. The van der Waals surface area contributed by atoms with Crippen LogP contribution in [0, 0.1) is 0 Å². The average Bonchev–Trinajstić information content (AvgIpc) is 3.35. The molecule has 0 saturated carbocycles. The van der Waals surface area contributed by atoms with Gasteiger partial charge in [0.2, 0.25) is 6.79 Å². The van der Waals surface area contributed by atoms with Gasteiger partial charge in [-0.15, -0.1) is 0 Å². The quantitative estimate of drug-likeness (QED) is 0.519. The standard InChI is InChI=1S/C19H12N2O3S/c22-10-14-18(13-6-7-15-16(8-13)24-11-23-15)20-19-21(14)9-17(25-19)12-4-2-1-3-5-12/h1-10H,11H2. The van der Waals surface area contributed by atoms with Crippen molar-refractivity contribution in [3.63, 3.8) is 0 Å². The van der Waals surface area contributed by atoms with Crippen molar-refractivity contribution in [1.82, 2.24) is 9.38 Å². The van der Waals surface area contributed by atoms with Gasteiger partial charge in [-0.05, 0) is 23.8 Å². The molecule has 0 aliphatic carbocycles. The summed E-state index contributed by atoms with van der Waals surface area (Å²) in [4.78, 5) is 18.3. The van der Waals surface area contributed by atoms with Crippen molar-refractivity contribution in [3.05, 3.63) is 60.4 Å². The fourth-order valence-electron chi connectivity index (χ4n) is 2.97. The number of thiazole rings is 1. The largest absolute Gasteiger partial charge is 0.454 e. The number of aromatic nitrogens is 2. The Bertz CT molecular complexity index is 1100. The van der Waals surface area contributed by atoms with E-state index in [0.717, 1.165) is 27.3 Å². The Morgan fingerprint density at radius 2 is 1.88 bits per heavy atom. The highest BCUT2D eigenvalue weighted by molar-refractivity contribution is 7.20. The first-order valence-electron chi connectivity index (χ1n) is 7.76. The van der Waals surface area contributed by atoms with Gasteiger partial charge < -0.3 is 9.47 Å². The summed E-state index contributed by atoms with van der Waals surface area (Å²) in [6.07, 6.45) is 2.81. The highest BCUT2D eigenvalue weighted by atomic mass is 32.1. The van der Waals surface area contributed by atoms with E-state index in [1.54, 1.807) is 11.3 Å². The molecule has 25 heavy (non-hydrogen) atoms. The first-order chi connectivity index (χ1) is 12.3. The van der Waals surface area contributed by atoms with Gasteiger partial charge in [-0.3, -0.25) is 9.20 Å². The Morgan fingerprint density at radius 3 is 2.72 bits per heavy atom. The van der Waals surface area contributed by atoms with Crippen molar-refractivity contribution in [2.24, 2.45) is 0 Å². The highest BCUT2D eigenvalue weighted by Gasteiger charge is 2.20. The predicted octanol–water partition coefficient (Wildman–Crippen LogP) is 4.27. The molecule has 2 aromatic carbocycles. The van der Waals surface area contributed by atoms with E-state index >= 15 is 0 Å². The van der Waals surface area contributed by atoms with Gasteiger partial charge in [0.25, 0.3) is 0 Å². The van der Waals surface area contributed by atoms with Gasteiger partial charge in [0.15, 0.2) is 22.7 Å². The molecule has 0 unspecified atom stereocenters. The number of benzene rings is 2. The van der Waals surface area contributed by atoms with E-state index < -0.39 is 0 Å². The van der Waals surface area contributed by atoms with Crippen LogP contribution in [0.3, 0.4) is 0 Å². The summed E-state index contributed by atoms with van der Waals surface area (Å²) in [6, 6.07) is 15.7. The number of hydrogen-bond donors (Lipinski definition) is 0. The molecular weight excluding hydrogens is 336 g/mol. The molecule has 3 heterocycles. The molecule has 1 aliphatic rings. The second kappa shape index (κ2) is 5.46. The molecule has 0 amide bonds. The van der Waals surface area contributed by atoms with Gasteiger partial charge in [-0.25, -0.2) is 4.98 Å². The lowest BCUT2D eigenvalue weighted by Gasteiger charge is -2.01. The lowest BCUT2D eigenvalue weighted by atomic mass is 10.1. The van der Waals surface area contributed by atoms with Crippen molar-refractivity contribution in [2.45, 2.75) is 0 Å². The van der Waals surface area contributed by atoms with Crippen molar-refractivity contribution in [3.8, 4) is 33.2 Å². The molecule has 0 bridgehead atoms. The summed E-state index contributed by atoms with van der Waals surface area (Å²) in [5, 5.41) is 0. The number of hydrogen-bond acceptors (Lipinski definition) is 5. The molecule has 6 heteroatoms. The van der Waals surface area contributed by atoms with Crippen molar-refractivity contribution in [1.29, 1.82) is 0 Å². The smallest absolute Gasteiger partial charge is 0.231 e. The molecule has 0 N–H and O–H groups in total. The summed E-state index contributed by atoms with van der Waals surface area (Å²) in [5.74, 6) is 1.39. The summed E-state index contributed by atoms with van der Waals surface area (Å²) < 4.78 is 12.6. The second-order valence-electron chi connectivity index (χ2n) is 5.65. The number of rotatable bonds is 3. The molecule has 5 rings (SSSR count). The lowest BCUT2D eigenvalue weighted by Crippen LogP contribution is -1.93. The average molecular weight is 348 g/mol. The lowest BCUT2D eigenvalue weighted by molar-refractivity contribution is 0.111. The Morgan fingerprint density at radius 1 is 1.04 bits per heavy atom. The fraction of sp³-hybridized carbons (Fsp3) is 0.0526. The van der Waals surface area contributed by atoms with Crippen molar-refractivity contribution in [2.75, 3.05) is 6.79 Å². The van der Waals surface area contributed by atoms with Crippen LogP contribution in [0.4, 0.5) is 0 Å². The van der Waals surface area contributed by atoms with E-state index in [-0.39, 0.29) is 6.79 Å². The third-order valence-electron chi connectivity index (χ3n) is 4.18. The molecule has 0 radical (unpaired) electrons. The molecule has 0 fully saturated rings. The van der Waals surface area contributed by atoms with Crippen LogP contribution >= 0.6 is 11.3 Å². The summed E-state index contributed by atoms with van der Waals surface area (Å²) >= 11 is 1.56. The number of aldehydes is 1. The molecule has 4 aromatic rings. The zero-order chi connectivity index (χ0) is 16.8. The number of nitrogens with zero attached hydrogens (tertiary/aromatic N) is 2. The number of carbonyl (C=O) groups is 1. The normalized spacial score (nSPS) is 12.6.